The van der Waals surface area contributed by atoms with Crippen molar-refractivity contribution in [2.75, 3.05) is 7.05 Å². The Hall–Kier alpha value is -3.40. The van der Waals surface area contributed by atoms with Crippen LogP contribution in [0.15, 0.2) is 34.3 Å². The number of aryl methyl sites for hydroxylation is 2. The molecule has 122 valence electrons. The third-order valence-corrected chi connectivity index (χ3v) is 3.58. The second-order valence-electron chi connectivity index (χ2n) is 5.16. The molecule has 0 radical (unpaired) electrons. The summed E-state index contributed by atoms with van der Waals surface area (Å²) in [5, 5.41) is 22.6. The van der Waals surface area contributed by atoms with Gasteiger partial charge in [0.15, 0.2) is 0 Å². The Morgan fingerprint density at radius 1 is 1.33 bits per heavy atom. The molecule has 0 saturated heterocycles. The molecule has 0 atom stereocenters. The smallest absolute Gasteiger partial charge is 0.280 e. The first-order chi connectivity index (χ1) is 11.4. The zero-order chi connectivity index (χ0) is 17.9. The van der Waals surface area contributed by atoms with Gasteiger partial charge in [-0.25, -0.2) is 0 Å². The minimum atomic E-state index is -0.535. The van der Waals surface area contributed by atoms with Gasteiger partial charge in [-0.05, 0) is 43.2 Å². The Morgan fingerprint density at radius 3 is 2.58 bits per heavy atom. The molecule has 7 heteroatoms. The topological polar surface area (TPSA) is 109 Å². The summed E-state index contributed by atoms with van der Waals surface area (Å²) in [4.78, 5) is 22.3. The van der Waals surface area contributed by atoms with E-state index in [1.807, 2.05) is 6.92 Å². The normalized spacial score (nSPS) is 11.0. The number of hydrogen-bond acceptors (Lipinski definition) is 5. The molecule has 2 rings (SSSR count). The van der Waals surface area contributed by atoms with Gasteiger partial charge < -0.3 is 9.73 Å². The first-order valence-corrected chi connectivity index (χ1v) is 7.07. The zero-order valence-electron chi connectivity index (χ0n) is 13.4. The van der Waals surface area contributed by atoms with Crippen LogP contribution in [0.4, 0.5) is 5.69 Å². The van der Waals surface area contributed by atoms with Crippen molar-refractivity contribution in [1.82, 2.24) is 5.32 Å². The van der Waals surface area contributed by atoms with Crippen molar-refractivity contribution in [2.45, 2.75) is 13.8 Å². The minimum Gasteiger partial charge on any atom is -0.456 e. The zero-order valence-corrected chi connectivity index (χ0v) is 13.4. The molecule has 1 aromatic heterocycles. The molecule has 0 bridgehead atoms. The fourth-order valence-corrected chi connectivity index (χ4v) is 2.15. The number of amides is 1. The molecular formula is C17H15N3O4. The number of benzene rings is 1. The van der Waals surface area contributed by atoms with Crippen molar-refractivity contribution in [1.29, 1.82) is 5.26 Å². The molecule has 0 saturated carbocycles. The highest BCUT2D eigenvalue weighted by molar-refractivity contribution is 6.01. The molecule has 2 aromatic rings. The lowest BCUT2D eigenvalue weighted by Crippen LogP contribution is -2.18. The number of nitro benzene ring substituents is 1. The minimum absolute atomic E-state index is 0.0604. The highest BCUT2D eigenvalue weighted by atomic mass is 16.6. The van der Waals surface area contributed by atoms with Crippen molar-refractivity contribution in [3.05, 3.63) is 56.8 Å². The van der Waals surface area contributed by atoms with Crippen molar-refractivity contribution in [3.63, 3.8) is 0 Å². The van der Waals surface area contributed by atoms with Crippen molar-refractivity contribution in [3.8, 4) is 17.4 Å². The van der Waals surface area contributed by atoms with Gasteiger partial charge in [-0.3, -0.25) is 14.9 Å². The van der Waals surface area contributed by atoms with Crippen LogP contribution in [0.2, 0.25) is 0 Å². The number of nitriles is 1. The number of nitrogens with one attached hydrogen (secondary N) is 1. The average molecular weight is 325 g/mol. The van der Waals surface area contributed by atoms with Crippen LogP contribution in [0, 0.1) is 35.3 Å². The third-order valence-electron chi connectivity index (χ3n) is 3.58. The van der Waals surface area contributed by atoms with Crippen LogP contribution in [-0.4, -0.2) is 17.9 Å². The van der Waals surface area contributed by atoms with Gasteiger partial charge >= 0.3 is 0 Å². The summed E-state index contributed by atoms with van der Waals surface area (Å²) in [6, 6.07) is 8.08. The van der Waals surface area contributed by atoms with Gasteiger partial charge in [0.05, 0.1) is 10.5 Å². The van der Waals surface area contributed by atoms with E-state index in [0.29, 0.717) is 11.3 Å². The summed E-state index contributed by atoms with van der Waals surface area (Å²) in [5.41, 5.74) is 1.87. The summed E-state index contributed by atoms with van der Waals surface area (Å²) < 4.78 is 5.57. The summed E-state index contributed by atoms with van der Waals surface area (Å²) in [6.07, 6.45) is 1.29. The molecule has 0 fully saturated rings. The fraction of sp³-hybridized carbons (Fsp3) is 0.176. The number of furan rings is 1. The van der Waals surface area contributed by atoms with E-state index in [1.165, 1.54) is 19.2 Å². The van der Waals surface area contributed by atoms with Crippen molar-refractivity contribution >= 4 is 17.7 Å². The van der Waals surface area contributed by atoms with Crippen LogP contribution in [0.25, 0.3) is 17.4 Å². The quantitative estimate of drug-likeness (QED) is 0.402. The van der Waals surface area contributed by atoms with E-state index in [4.69, 9.17) is 9.68 Å². The maximum Gasteiger partial charge on any atom is 0.280 e. The van der Waals surface area contributed by atoms with E-state index in [2.05, 4.69) is 5.32 Å². The lowest BCUT2D eigenvalue weighted by Gasteiger charge is -2.04. The Morgan fingerprint density at radius 2 is 2.00 bits per heavy atom. The summed E-state index contributed by atoms with van der Waals surface area (Å²) in [7, 11) is 1.42. The molecule has 24 heavy (non-hydrogen) atoms. The SMILES string of the molecule is CNC(=O)C(C#N)=Cc1ccc(-c2cc(C)c(C)cc2[N+](=O)[O-])o1. The first kappa shape index (κ1) is 17.0. The molecular weight excluding hydrogens is 310 g/mol. The molecule has 1 aromatic carbocycles. The molecule has 1 N–H and O–H groups in total. The monoisotopic (exact) mass is 325 g/mol. The lowest BCUT2D eigenvalue weighted by molar-refractivity contribution is -0.384. The molecule has 0 spiro atoms. The van der Waals surface area contributed by atoms with E-state index in [0.717, 1.165) is 11.1 Å². The van der Waals surface area contributed by atoms with Gasteiger partial charge in [0.25, 0.3) is 11.6 Å². The van der Waals surface area contributed by atoms with Crippen LogP contribution < -0.4 is 5.32 Å². The number of likely N-dealkylation sites (N-methyl/N-ethyl adjacent to an activating group) is 1. The third kappa shape index (κ3) is 3.33. The van der Waals surface area contributed by atoms with E-state index in [1.54, 1.807) is 31.2 Å². The predicted molar refractivity (Wildman–Crippen MR) is 87.9 cm³/mol. The van der Waals surface area contributed by atoms with Crippen LogP contribution >= 0.6 is 0 Å². The van der Waals surface area contributed by atoms with Gasteiger partial charge in [-0.15, -0.1) is 0 Å². The molecule has 0 aliphatic rings. The Kier molecular flexibility index (Phi) is 4.80. The van der Waals surface area contributed by atoms with E-state index < -0.39 is 10.8 Å². The first-order valence-electron chi connectivity index (χ1n) is 7.07. The van der Waals surface area contributed by atoms with Gasteiger partial charge in [-0.1, -0.05) is 0 Å². The maximum absolute atomic E-state index is 11.5. The van der Waals surface area contributed by atoms with Gasteiger partial charge in [0.2, 0.25) is 0 Å². The molecule has 1 amide bonds. The standard InChI is InChI=1S/C17H15N3O4/c1-10-6-14(15(20(22)23)7-11(10)2)16-5-4-13(24-16)8-12(9-18)17(21)19-3/h4-8H,1-3H3,(H,19,21). The molecule has 0 aliphatic heterocycles. The Labute approximate surface area is 138 Å². The maximum atomic E-state index is 11.5. The summed E-state index contributed by atoms with van der Waals surface area (Å²) in [6.45, 7) is 3.65. The van der Waals surface area contributed by atoms with Crippen LogP contribution in [0.1, 0.15) is 16.9 Å². The second kappa shape index (κ2) is 6.79. The summed E-state index contributed by atoms with van der Waals surface area (Å²) >= 11 is 0. The van der Waals surface area contributed by atoms with E-state index in [-0.39, 0.29) is 17.0 Å². The summed E-state index contributed by atoms with van der Waals surface area (Å²) in [5.74, 6) is 0.0236. The number of carbonyl (C=O) groups excluding carboxylic acids is 1. The predicted octanol–water partition coefficient (Wildman–Crippen LogP) is 3.12. The van der Waals surface area contributed by atoms with Crippen molar-refractivity contribution < 1.29 is 14.1 Å². The molecule has 0 unspecified atom stereocenters. The number of nitrogens with zero attached hydrogens (tertiary/aromatic N) is 2. The highest BCUT2D eigenvalue weighted by Gasteiger charge is 2.20. The van der Waals surface area contributed by atoms with Gasteiger partial charge in [0, 0.05) is 19.2 Å². The highest BCUT2D eigenvalue weighted by Crippen LogP contribution is 2.34. The number of rotatable bonds is 4. The lowest BCUT2D eigenvalue weighted by atomic mass is 10.0. The fourth-order valence-electron chi connectivity index (χ4n) is 2.15. The van der Waals surface area contributed by atoms with Gasteiger partial charge in [0.1, 0.15) is 23.2 Å². The molecule has 1 heterocycles. The average Bonchev–Trinajstić information content (AvgIpc) is 3.02. The van der Waals surface area contributed by atoms with Crippen LogP contribution in [0.5, 0.6) is 0 Å². The van der Waals surface area contributed by atoms with Crippen LogP contribution in [-0.2, 0) is 4.79 Å². The Bertz CT molecular complexity index is 888. The molecule has 0 aliphatic carbocycles. The number of hydrogen-bond donors (Lipinski definition) is 1. The van der Waals surface area contributed by atoms with Crippen molar-refractivity contribution in [2.24, 2.45) is 0 Å². The number of carbonyl (C=O) groups is 1. The number of nitro groups is 1. The Balaban J connectivity index is 2.51. The van der Waals surface area contributed by atoms with Crippen LogP contribution in [0.3, 0.4) is 0 Å². The molecule has 7 nitrogen and oxygen atoms in total. The van der Waals surface area contributed by atoms with E-state index in [9.17, 15) is 14.9 Å². The van der Waals surface area contributed by atoms with E-state index >= 15 is 0 Å². The largest absolute Gasteiger partial charge is 0.456 e. The van der Waals surface area contributed by atoms with Gasteiger partial charge in [-0.2, -0.15) is 5.26 Å². The second-order valence-corrected chi connectivity index (χ2v) is 5.16.